The van der Waals surface area contributed by atoms with Gasteiger partial charge in [-0.2, -0.15) is 0 Å². The van der Waals surface area contributed by atoms with Crippen molar-refractivity contribution in [1.29, 1.82) is 0 Å². The molecular weight excluding hydrogens is 351 g/mol. The van der Waals surface area contributed by atoms with Crippen molar-refractivity contribution in [2.24, 2.45) is 10.7 Å². The predicted molar refractivity (Wildman–Crippen MR) is 84.4 cm³/mol. The van der Waals surface area contributed by atoms with Crippen LogP contribution in [0, 0.1) is 0 Å². The van der Waals surface area contributed by atoms with Crippen LogP contribution in [0.1, 0.15) is 6.92 Å². The first kappa shape index (κ1) is 16.4. The molecule has 17 heavy (non-hydrogen) atoms. The second-order valence-corrected chi connectivity index (χ2v) is 4.21. The molecule has 0 fully saturated rings. The van der Waals surface area contributed by atoms with Gasteiger partial charge in [-0.3, -0.25) is 0 Å². The van der Waals surface area contributed by atoms with Crippen LogP contribution in [0.3, 0.4) is 0 Å². The zero-order chi connectivity index (χ0) is 12.0. The fourth-order valence-corrected chi connectivity index (χ4v) is 1.67. The second kappa shape index (κ2) is 8.46. The number of amidine groups is 1. The lowest BCUT2D eigenvalue weighted by Crippen LogP contribution is -2.05. The molecule has 1 rings (SSSR count). The van der Waals surface area contributed by atoms with E-state index >= 15 is 0 Å². The fraction of sp³-hybridized carbons (Fsp3) is 0.364. The lowest BCUT2D eigenvalue weighted by atomic mass is 10.3. The van der Waals surface area contributed by atoms with Crippen molar-refractivity contribution in [2.45, 2.75) is 6.92 Å². The molecule has 0 aliphatic carbocycles. The summed E-state index contributed by atoms with van der Waals surface area (Å²) < 4.78 is 10.3. The molecular formula is C11H17IN2O2S. The van der Waals surface area contributed by atoms with Gasteiger partial charge in [0.15, 0.2) is 16.7 Å². The molecule has 0 amide bonds. The highest BCUT2D eigenvalue weighted by atomic mass is 127. The number of thioether (sulfide) groups is 1. The molecule has 0 unspecified atom stereocenters. The summed E-state index contributed by atoms with van der Waals surface area (Å²) >= 11 is 1.51. The molecule has 96 valence electrons. The largest absolute Gasteiger partial charge is 0.493 e. The molecule has 0 bridgehead atoms. The molecule has 0 radical (unpaired) electrons. The first-order valence-electron chi connectivity index (χ1n) is 4.90. The molecule has 0 spiro atoms. The van der Waals surface area contributed by atoms with Gasteiger partial charge in [0, 0.05) is 6.07 Å². The van der Waals surface area contributed by atoms with Gasteiger partial charge in [-0.25, -0.2) is 4.99 Å². The first-order valence-corrected chi connectivity index (χ1v) is 5.88. The van der Waals surface area contributed by atoms with Crippen molar-refractivity contribution < 1.29 is 9.47 Å². The maximum Gasteiger partial charge on any atom is 0.162 e. The molecule has 0 heterocycles. The molecule has 0 aliphatic heterocycles. The average molecular weight is 368 g/mol. The van der Waals surface area contributed by atoms with E-state index in [2.05, 4.69) is 4.99 Å². The summed E-state index contributed by atoms with van der Waals surface area (Å²) in [4.78, 5) is 4.25. The molecule has 1 aromatic carbocycles. The van der Waals surface area contributed by atoms with Gasteiger partial charge in [0.05, 0.1) is 19.9 Å². The Balaban J connectivity index is 0.00000256. The third kappa shape index (κ3) is 5.03. The smallest absolute Gasteiger partial charge is 0.162 e. The number of halogens is 1. The van der Waals surface area contributed by atoms with E-state index in [1.165, 1.54) is 11.8 Å². The van der Waals surface area contributed by atoms with Crippen molar-refractivity contribution in [2.75, 3.05) is 20.0 Å². The van der Waals surface area contributed by atoms with Crippen molar-refractivity contribution in [3.63, 3.8) is 0 Å². The summed E-state index contributed by atoms with van der Waals surface area (Å²) in [5.41, 5.74) is 6.48. The fourth-order valence-electron chi connectivity index (χ4n) is 1.20. The summed E-state index contributed by atoms with van der Waals surface area (Å²) in [6, 6.07) is 5.44. The Morgan fingerprint density at radius 2 is 1.94 bits per heavy atom. The van der Waals surface area contributed by atoms with Crippen molar-refractivity contribution in [3.8, 4) is 11.5 Å². The summed E-state index contributed by atoms with van der Waals surface area (Å²) in [6.07, 6.45) is 0. The first-order chi connectivity index (χ1) is 7.71. The Kier molecular flexibility index (Phi) is 8.15. The van der Waals surface area contributed by atoms with Crippen LogP contribution in [0.4, 0.5) is 5.69 Å². The number of ether oxygens (including phenoxy) is 2. The topological polar surface area (TPSA) is 56.8 Å². The summed E-state index contributed by atoms with van der Waals surface area (Å²) in [5, 5.41) is 0.551. The van der Waals surface area contributed by atoms with Gasteiger partial charge in [-0.1, -0.05) is 18.7 Å². The molecule has 2 N–H and O–H groups in total. The number of hydrogen-bond acceptors (Lipinski definition) is 4. The molecule has 4 nitrogen and oxygen atoms in total. The van der Waals surface area contributed by atoms with Crippen molar-refractivity contribution >= 4 is 46.6 Å². The standard InChI is InChI=1S/C11H16N2O2S.HI/c1-4-16-11(12)13-8-5-6-9(14-2)10(7-8)15-3;/h5-7H,4H2,1-3H3,(H2,12,13);1H. The van der Waals surface area contributed by atoms with Crippen molar-refractivity contribution in [1.82, 2.24) is 0 Å². The second-order valence-electron chi connectivity index (χ2n) is 2.92. The van der Waals surface area contributed by atoms with E-state index in [-0.39, 0.29) is 24.0 Å². The minimum Gasteiger partial charge on any atom is -0.493 e. The Morgan fingerprint density at radius 1 is 1.29 bits per heavy atom. The molecule has 1 aromatic rings. The van der Waals surface area contributed by atoms with Gasteiger partial charge in [0.1, 0.15) is 0 Å². The third-order valence-corrected chi connectivity index (χ3v) is 2.57. The summed E-state index contributed by atoms with van der Waals surface area (Å²) in [5.74, 6) is 2.24. The molecule has 0 aromatic heterocycles. The Bertz CT molecular complexity index is 386. The highest BCUT2D eigenvalue weighted by Crippen LogP contribution is 2.31. The van der Waals surface area contributed by atoms with Crippen LogP contribution < -0.4 is 15.2 Å². The van der Waals surface area contributed by atoms with Gasteiger partial charge in [0.25, 0.3) is 0 Å². The number of hydrogen-bond donors (Lipinski definition) is 1. The van der Waals surface area contributed by atoms with Crippen LogP contribution >= 0.6 is 35.7 Å². The number of aliphatic imine (C=N–C) groups is 1. The van der Waals surface area contributed by atoms with E-state index in [1.54, 1.807) is 20.3 Å². The zero-order valence-electron chi connectivity index (χ0n) is 10.1. The van der Waals surface area contributed by atoms with Crippen LogP contribution in [0.2, 0.25) is 0 Å². The maximum atomic E-state index is 5.72. The predicted octanol–water partition coefficient (Wildman–Crippen LogP) is 3.02. The van der Waals surface area contributed by atoms with E-state index in [1.807, 2.05) is 19.1 Å². The van der Waals surface area contributed by atoms with E-state index in [4.69, 9.17) is 15.2 Å². The zero-order valence-corrected chi connectivity index (χ0v) is 13.2. The lowest BCUT2D eigenvalue weighted by Gasteiger charge is -2.07. The molecule has 0 saturated heterocycles. The van der Waals surface area contributed by atoms with Gasteiger partial charge in [-0.15, -0.1) is 24.0 Å². The number of methoxy groups -OCH3 is 2. The SMILES string of the molecule is CCSC(N)=Nc1ccc(OC)c(OC)c1.I. The summed E-state index contributed by atoms with van der Waals surface area (Å²) in [6.45, 7) is 2.03. The number of benzene rings is 1. The normalized spacial score (nSPS) is 10.6. The van der Waals surface area contributed by atoms with Crippen LogP contribution in [-0.4, -0.2) is 25.1 Å². The van der Waals surface area contributed by atoms with E-state index in [0.717, 1.165) is 11.4 Å². The Morgan fingerprint density at radius 3 is 2.47 bits per heavy atom. The molecule has 0 aliphatic rings. The number of nitrogens with zero attached hydrogens (tertiary/aromatic N) is 1. The molecule has 0 saturated carbocycles. The maximum absolute atomic E-state index is 5.72. The molecule has 0 atom stereocenters. The average Bonchev–Trinajstić information content (AvgIpc) is 2.29. The minimum atomic E-state index is 0. The highest BCUT2D eigenvalue weighted by Gasteiger charge is 2.04. The minimum absolute atomic E-state index is 0. The number of nitrogens with two attached hydrogens (primary N) is 1. The quantitative estimate of drug-likeness (QED) is 0.504. The number of rotatable bonds is 4. The van der Waals surface area contributed by atoms with Gasteiger partial charge in [-0.05, 0) is 17.9 Å². The van der Waals surface area contributed by atoms with Gasteiger partial charge >= 0.3 is 0 Å². The summed E-state index contributed by atoms with van der Waals surface area (Å²) in [7, 11) is 3.19. The van der Waals surface area contributed by atoms with Gasteiger partial charge < -0.3 is 15.2 Å². The van der Waals surface area contributed by atoms with Crippen LogP contribution in [0.15, 0.2) is 23.2 Å². The monoisotopic (exact) mass is 368 g/mol. The van der Waals surface area contributed by atoms with Crippen molar-refractivity contribution in [3.05, 3.63) is 18.2 Å². The van der Waals surface area contributed by atoms with Crippen LogP contribution in [-0.2, 0) is 0 Å². The van der Waals surface area contributed by atoms with E-state index in [0.29, 0.717) is 16.7 Å². The lowest BCUT2D eigenvalue weighted by molar-refractivity contribution is 0.355. The Labute approximate surface area is 123 Å². The van der Waals surface area contributed by atoms with E-state index < -0.39 is 0 Å². The van der Waals surface area contributed by atoms with Gasteiger partial charge in [0.2, 0.25) is 0 Å². The highest BCUT2D eigenvalue weighted by molar-refractivity contribution is 14.0. The van der Waals surface area contributed by atoms with Crippen LogP contribution in [0.25, 0.3) is 0 Å². The molecule has 6 heteroatoms. The van der Waals surface area contributed by atoms with E-state index in [9.17, 15) is 0 Å². The Hall–Kier alpha value is -0.630. The third-order valence-electron chi connectivity index (χ3n) is 1.90. The van der Waals surface area contributed by atoms with Crippen LogP contribution in [0.5, 0.6) is 11.5 Å².